The van der Waals surface area contributed by atoms with Crippen LogP contribution in [0.5, 0.6) is 0 Å². The van der Waals surface area contributed by atoms with Crippen LogP contribution in [0, 0.1) is 0 Å². The van der Waals surface area contributed by atoms with Crippen molar-refractivity contribution in [3.63, 3.8) is 0 Å². The summed E-state index contributed by atoms with van der Waals surface area (Å²) >= 11 is 0. The van der Waals surface area contributed by atoms with Gasteiger partial charge < -0.3 is 5.11 Å². The molecule has 0 saturated carbocycles. The molecule has 0 radical (unpaired) electrons. The van der Waals surface area contributed by atoms with Crippen LogP contribution in [-0.4, -0.2) is 29.8 Å². The molecule has 2 unspecified atom stereocenters. The van der Waals surface area contributed by atoms with Gasteiger partial charge in [-0.3, -0.25) is 4.79 Å². The number of benzene rings is 2. The molecule has 6 heteroatoms. The summed E-state index contributed by atoms with van der Waals surface area (Å²) in [4.78, 5) is 11.9. The van der Waals surface area contributed by atoms with Crippen LogP contribution in [0.1, 0.15) is 50.8 Å². The molecule has 0 spiro atoms. The molecule has 27 heavy (non-hydrogen) atoms. The number of carboxylic acid groups (broad SMARTS) is 1. The average Bonchev–Trinajstić information content (AvgIpc) is 3.08. The van der Waals surface area contributed by atoms with Gasteiger partial charge in [0.05, 0.1) is 10.9 Å². The lowest BCUT2D eigenvalue weighted by atomic mass is 9.86. The Morgan fingerprint density at radius 1 is 1.00 bits per heavy atom. The third-order valence-electron chi connectivity index (χ3n) is 5.09. The Bertz CT molecular complexity index is 915. The standard InChI is InChI=1S/C21H25NO4S/c1-21(2,3)16-11-9-15(10-12-16)18-13-14-19(20(23)24)22(18)27(25,26)17-7-5-4-6-8-17/h4-12,18-19H,13-14H2,1-3H3,(H,23,24). The van der Waals surface area contributed by atoms with Gasteiger partial charge in [0.2, 0.25) is 10.0 Å². The average molecular weight is 388 g/mol. The quantitative estimate of drug-likeness (QED) is 0.862. The molecule has 2 aromatic rings. The summed E-state index contributed by atoms with van der Waals surface area (Å²) in [5.41, 5.74) is 1.97. The number of hydrogen-bond acceptors (Lipinski definition) is 3. The number of rotatable bonds is 4. The number of sulfonamides is 1. The van der Waals surface area contributed by atoms with E-state index in [1.54, 1.807) is 18.2 Å². The Balaban J connectivity index is 2.03. The van der Waals surface area contributed by atoms with Gasteiger partial charge in [0.15, 0.2) is 0 Å². The zero-order chi connectivity index (χ0) is 19.8. The van der Waals surface area contributed by atoms with Gasteiger partial charge in [-0.15, -0.1) is 0 Å². The normalized spacial score (nSPS) is 21.3. The fourth-order valence-corrected chi connectivity index (χ4v) is 5.43. The fraction of sp³-hybridized carbons (Fsp3) is 0.381. The highest BCUT2D eigenvalue weighted by Gasteiger charge is 2.46. The van der Waals surface area contributed by atoms with Gasteiger partial charge >= 0.3 is 5.97 Å². The van der Waals surface area contributed by atoms with E-state index in [-0.39, 0.29) is 10.3 Å². The molecule has 1 saturated heterocycles. The van der Waals surface area contributed by atoms with E-state index >= 15 is 0 Å². The predicted octanol–water partition coefficient (Wildman–Crippen LogP) is 3.96. The summed E-state index contributed by atoms with van der Waals surface area (Å²) in [6, 6.07) is 14.3. The minimum absolute atomic E-state index is 0.00634. The third kappa shape index (κ3) is 3.77. The summed E-state index contributed by atoms with van der Waals surface area (Å²) < 4.78 is 27.6. The summed E-state index contributed by atoms with van der Waals surface area (Å²) in [5.74, 6) is -1.11. The third-order valence-corrected chi connectivity index (χ3v) is 7.02. The lowest BCUT2D eigenvalue weighted by Crippen LogP contribution is -2.41. The second-order valence-corrected chi connectivity index (χ2v) is 9.81. The van der Waals surface area contributed by atoms with Crippen molar-refractivity contribution in [3.8, 4) is 0 Å². The molecule has 1 fully saturated rings. The number of carboxylic acids is 1. The van der Waals surface area contributed by atoms with Crippen molar-refractivity contribution in [3.05, 3.63) is 65.7 Å². The van der Waals surface area contributed by atoms with E-state index in [0.717, 1.165) is 11.1 Å². The lowest BCUT2D eigenvalue weighted by Gasteiger charge is -2.28. The smallest absolute Gasteiger partial charge is 0.322 e. The van der Waals surface area contributed by atoms with E-state index in [0.29, 0.717) is 12.8 Å². The molecule has 3 rings (SSSR count). The SMILES string of the molecule is CC(C)(C)c1ccc(C2CCC(C(=O)O)N2S(=O)(=O)c2ccccc2)cc1. The van der Waals surface area contributed by atoms with Crippen LogP contribution in [0.25, 0.3) is 0 Å². The number of carbonyl (C=O) groups is 1. The minimum Gasteiger partial charge on any atom is -0.480 e. The Morgan fingerprint density at radius 2 is 1.59 bits per heavy atom. The predicted molar refractivity (Wildman–Crippen MR) is 104 cm³/mol. The van der Waals surface area contributed by atoms with Crippen molar-refractivity contribution < 1.29 is 18.3 Å². The molecule has 1 N–H and O–H groups in total. The van der Waals surface area contributed by atoms with Crippen LogP contribution in [-0.2, 0) is 20.2 Å². The summed E-state index contributed by atoms with van der Waals surface area (Å²) in [5, 5.41) is 9.60. The molecule has 144 valence electrons. The second kappa shape index (κ2) is 7.09. The van der Waals surface area contributed by atoms with Gasteiger partial charge in [0.1, 0.15) is 6.04 Å². The molecule has 2 aromatic carbocycles. The lowest BCUT2D eigenvalue weighted by molar-refractivity contribution is -0.140. The second-order valence-electron chi connectivity index (χ2n) is 7.97. The first-order valence-electron chi connectivity index (χ1n) is 9.04. The first kappa shape index (κ1) is 19.6. The van der Waals surface area contributed by atoms with E-state index in [4.69, 9.17) is 0 Å². The highest BCUT2D eigenvalue weighted by atomic mass is 32.2. The van der Waals surface area contributed by atoms with Crippen molar-refractivity contribution in [1.82, 2.24) is 4.31 Å². The van der Waals surface area contributed by atoms with Gasteiger partial charge in [-0.1, -0.05) is 63.2 Å². The maximum Gasteiger partial charge on any atom is 0.322 e. The minimum atomic E-state index is -3.92. The van der Waals surface area contributed by atoms with Gasteiger partial charge in [-0.05, 0) is 41.5 Å². The highest BCUT2D eigenvalue weighted by molar-refractivity contribution is 7.89. The fourth-order valence-electron chi connectivity index (χ4n) is 3.59. The van der Waals surface area contributed by atoms with E-state index in [2.05, 4.69) is 20.8 Å². The van der Waals surface area contributed by atoms with Crippen molar-refractivity contribution >= 4 is 16.0 Å². The van der Waals surface area contributed by atoms with Crippen LogP contribution >= 0.6 is 0 Å². The molecule has 0 aliphatic carbocycles. The Morgan fingerprint density at radius 3 is 2.11 bits per heavy atom. The van der Waals surface area contributed by atoms with Crippen LogP contribution in [0.2, 0.25) is 0 Å². The topological polar surface area (TPSA) is 74.7 Å². The number of hydrogen-bond donors (Lipinski definition) is 1. The zero-order valence-corrected chi connectivity index (χ0v) is 16.6. The van der Waals surface area contributed by atoms with E-state index in [1.807, 2.05) is 24.3 Å². The number of nitrogens with zero attached hydrogens (tertiary/aromatic N) is 1. The maximum absolute atomic E-state index is 13.2. The molecular formula is C21H25NO4S. The van der Waals surface area contributed by atoms with Crippen molar-refractivity contribution in [1.29, 1.82) is 0 Å². The Labute approximate surface area is 160 Å². The number of aliphatic carboxylic acids is 1. The molecule has 1 aliphatic heterocycles. The van der Waals surface area contributed by atoms with Crippen molar-refractivity contribution in [2.45, 2.75) is 56.0 Å². The summed E-state index contributed by atoms with van der Waals surface area (Å²) in [7, 11) is -3.92. The summed E-state index contributed by atoms with van der Waals surface area (Å²) in [6.45, 7) is 6.35. The van der Waals surface area contributed by atoms with Crippen LogP contribution in [0.4, 0.5) is 0 Å². The Kier molecular flexibility index (Phi) is 5.14. The Hall–Kier alpha value is -2.18. The molecule has 0 bridgehead atoms. The first-order chi connectivity index (χ1) is 12.6. The van der Waals surface area contributed by atoms with Crippen molar-refractivity contribution in [2.75, 3.05) is 0 Å². The van der Waals surface area contributed by atoms with E-state index < -0.39 is 28.1 Å². The molecule has 5 nitrogen and oxygen atoms in total. The molecule has 2 atom stereocenters. The molecule has 0 amide bonds. The summed E-state index contributed by atoms with van der Waals surface area (Å²) in [6.07, 6.45) is 0.783. The highest BCUT2D eigenvalue weighted by Crippen LogP contribution is 2.41. The maximum atomic E-state index is 13.2. The van der Waals surface area contributed by atoms with Crippen LogP contribution in [0.3, 0.4) is 0 Å². The monoisotopic (exact) mass is 387 g/mol. The van der Waals surface area contributed by atoms with Crippen molar-refractivity contribution in [2.24, 2.45) is 0 Å². The molecule has 1 aliphatic rings. The van der Waals surface area contributed by atoms with Gasteiger partial charge in [0.25, 0.3) is 0 Å². The molecule has 0 aromatic heterocycles. The van der Waals surface area contributed by atoms with E-state index in [9.17, 15) is 18.3 Å². The first-order valence-corrected chi connectivity index (χ1v) is 10.5. The van der Waals surface area contributed by atoms with Gasteiger partial charge in [-0.2, -0.15) is 4.31 Å². The molecule has 1 heterocycles. The molecular weight excluding hydrogens is 362 g/mol. The van der Waals surface area contributed by atoms with E-state index in [1.165, 1.54) is 16.4 Å². The van der Waals surface area contributed by atoms with Gasteiger partial charge in [0, 0.05) is 0 Å². The van der Waals surface area contributed by atoms with Gasteiger partial charge in [-0.25, -0.2) is 8.42 Å². The largest absolute Gasteiger partial charge is 0.480 e. The van der Waals surface area contributed by atoms with Crippen LogP contribution < -0.4 is 0 Å². The zero-order valence-electron chi connectivity index (χ0n) is 15.8. The van der Waals surface area contributed by atoms with Crippen LogP contribution in [0.15, 0.2) is 59.5 Å².